The van der Waals surface area contributed by atoms with Gasteiger partial charge < -0.3 is 14.2 Å². The van der Waals surface area contributed by atoms with Gasteiger partial charge in [0.15, 0.2) is 0 Å². The Balaban J connectivity index is 4.33. The van der Waals surface area contributed by atoms with Crippen molar-refractivity contribution < 1.29 is 23.8 Å². The van der Waals surface area contributed by atoms with E-state index in [4.69, 9.17) is 14.2 Å². The summed E-state index contributed by atoms with van der Waals surface area (Å²) in [5, 5.41) is 0. The normalized spacial score (nSPS) is 9.35. The average molecular weight is 244 g/mol. The van der Waals surface area contributed by atoms with Crippen LogP contribution >= 0.6 is 0 Å². The van der Waals surface area contributed by atoms with Crippen molar-refractivity contribution in [2.24, 2.45) is 0 Å². The number of carbonyl (C=O) groups excluding carboxylic acids is 2. The van der Waals surface area contributed by atoms with Crippen LogP contribution in [-0.4, -0.2) is 31.8 Å². The maximum atomic E-state index is 11.3. The van der Waals surface area contributed by atoms with Crippen LogP contribution in [0.4, 0.5) is 0 Å². The monoisotopic (exact) mass is 244 g/mol. The van der Waals surface area contributed by atoms with Gasteiger partial charge >= 0.3 is 11.9 Å². The lowest BCUT2D eigenvalue weighted by atomic mass is 10.1. The number of hydrogen-bond acceptors (Lipinski definition) is 5. The molecule has 5 nitrogen and oxygen atoms in total. The van der Waals surface area contributed by atoms with E-state index in [0.717, 1.165) is 0 Å². The minimum atomic E-state index is -0.372. The number of hydrogen-bond donors (Lipinski definition) is 0. The maximum absolute atomic E-state index is 11.3. The Labute approximate surface area is 102 Å². The molecule has 0 rings (SSSR count). The molecule has 0 saturated carbocycles. The fourth-order valence-corrected chi connectivity index (χ4v) is 1.14. The van der Waals surface area contributed by atoms with Crippen LogP contribution in [0, 0.1) is 0 Å². The van der Waals surface area contributed by atoms with E-state index >= 15 is 0 Å². The summed E-state index contributed by atoms with van der Waals surface area (Å²) >= 11 is 0. The van der Waals surface area contributed by atoms with Gasteiger partial charge in [0.25, 0.3) is 0 Å². The quantitative estimate of drug-likeness (QED) is 0.481. The minimum absolute atomic E-state index is 0.0483. The molecule has 0 fully saturated rings. The van der Waals surface area contributed by atoms with Crippen LogP contribution in [0.25, 0.3) is 0 Å². The Kier molecular flexibility index (Phi) is 8.82. The highest BCUT2D eigenvalue weighted by molar-refractivity contribution is 5.77. The van der Waals surface area contributed by atoms with Crippen LogP contribution in [0.2, 0.25) is 0 Å². The minimum Gasteiger partial charge on any atom is -0.502 e. The van der Waals surface area contributed by atoms with Crippen molar-refractivity contribution in [3.05, 3.63) is 11.8 Å². The largest absolute Gasteiger partial charge is 0.502 e. The van der Waals surface area contributed by atoms with E-state index in [-0.39, 0.29) is 24.8 Å². The van der Waals surface area contributed by atoms with Crippen LogP contribution < -0.4 is 0 Å². The highest BCUT2D eigenvalue weighted by Gasteiger charge is 2.12. The van der Waals surface area contributed by atoms with Crippen molar-refractivity contribution in [1.82, 2.24) is 0 Å². The second kappa shape index (κ2) is 9.69. The molecule has 0 heterocycles. The summed E-state index contributed by atoms with van der Waals surface area (Å²) in [7, 11) is 0. The number of esters is 2. The molecule has 17 heavy (non-hydrogen) atoms. The molecule has 0 aromatic heterocycles. The van der Waals surface area contributed by atoms with Crippen molar-refractivity contribution in [2.75, 3.05) is 19.8 Å². The molecule has 0 atom stereocenters. The predicted molar refractivity (Wildman–Crippen MR) is 62.2 cm³/mol. The van der Waals surface area contributed by atoms with Crippen molar-refractivity contribution >= 4 is 11.9 Å². The number of carbonyl (C=O) groups is 2. The van der Waals surface area contributed by atoms with Crippen molar-refractivity contribution in [1.29, 1.82) is 0 Å². The average Bonchev–Trinajstić information content (AvgIpc) is 2.26. The zero-order valence-corrected chi connectivity index (χ0v) is 10.7. The summed E-state index contributed by atoms with van der Waals surface area (Å²) in [5.74, 6) is -0.745. The highest BCUT2D eigenvalue weighted by atomic mass is 16.5. The lowest BCUT2D eigenvalue weighted by Gasteiger charge is -2.07. The van der Waals surface area contributed by atoms with Gasteiger partial charge in [-0.05, 0) is 26.3 Å². The molecule has 0 saturated heterocycles. The molecule has 0 aromatic carbocycles. The second-order valence-corrected chi connectivity index (χ2v) is 3.20. The molecule has 0 amide bonds. The van der Waals surface area contributed by atoms with Gasteiger partial charge in [-0.25, -0.2) is 0 Å². The van der Waals surface area contributed by atoms with Crippen molar-refractivity contribution in [2.45, 2.75) is 33.6 Å². The molecule has 0 spiro atoms. The van der Waals surface area contributed by atoms with Gasteiger partial charge in [0.1, 0.15) is 0 Å². The third-order valence-electron chi connectivity index (χ3n) is 1.77. The number of rotatable bonds is 8. The summed E-state index contributed by atoms with van der Waals surface area (Å²) in [6.07, 6.45) is 1.52. The fraction of sp³-hybridized carbons (Fsp3) is 0.667. The molecular weight excluding hydrogens is 224 g/mol. The SMILES string of the molecule is CCOC=C(CC(=O)OCC)CC(=O)OCC. The van der Waals surface area contributed by atoms with Crippen LogP contribution in [0.15, 0.2) is 11.8 Å². The smallest absolute Gasteiger partial charge is 0.310 e. The van der Waals surface area contributed by atoms with Crippen LogP contribution in [0.5, 0.6) is 0 Å². The summed E-state index contributed by atoms with van der Waals surface area (Å²) in [5.41, 5.74) is 0.559. The first-order valence-electron chi connectivity index (χ1n) is 5.74. The topological polar surface area (TPSA) is 61.8 Å². The molecular formula is C12H20O5. The Morgan fingerprint density at radius 3 is 1.71 bits per heavy atom. The first-order chi connectivity index (χ1) is 8.13. The first-order valence-corrected chi connectivity index (χ1v) is 5.74. The van der Waals surface area contributed by atoms with Gasteiger partial charge in [-0.2, -0.15) is 0 Å². The van der Waals surface area contributed by atoms with E-state index < -0.39 is 0 Å². The number of ether oxygens (including phenoxy) is 3. The van der Waals surface area contributed by atoms with E-state index in [9.17, 15) is 9.59 Å². The van der Waals surface area contributed by atoms with Crippen LogP contribution in [0.1, 0.15) is 33.6 Å². The Hall–Kier alpha value is -1.52. The van der Waals surface area contributed by atoms with Gasteiger partial charge in [0.05, 0.1) is 38.9 Å². The van der Waals surface area contributed by atoms with E-state index in [0.29, 0.717) is 25.4 Å². The summed E-state index contributed by atoms with van der Waals surface area (Å²) < 4.78 is 14.7. The third kappa shape index (κ3) is 8.30. The molecule has 0 aliphatic heterocycles. The zero-order valence-electron chi connectivity index (χ0n) is 10.7. The summed E-state index contributed by atoms with van der Waals surface area (Å²) in [6.45, 7) is 6.41. The predicted octanol–water partition coefficient (Wildman–Crippen LogP) is 1.81. The molecule has 98 valence electrons. The Morgan fingerprint density at radius 1 is 0.882 bits per heavy atom. The van der Waals surface area contributed by atoms with Gasteiger partial charge in [0, 0.05) is 0 Å². The zero-order chi connectivity index (χ0) is 13.1. The molecule has 0 aromatic rings. The lowest BCUT2D eigenvalue weighted by molar-refractivity contribution is -0.143. The Bertz CT molecular complexity index is 248. The highest BCUT2D eigenvalue weighted by Crippen LogP contribution is 2.10. The summed E-state index contributed by atoms with van der Waals surface area (Å²) in [6, 6.07) is 0. The third-order valence-corrected chi connectivity index (χ3v) is 1.77. The molecule has 0 aliphatic rings. The second-order valence-electron chi connectivity index (χ2n) is 3.20. The molecule has 0 radical (unpaired) electrons. The molecule has 0 unspecified atom stereocenters. The van der Waals surface area contributed by atoms with Gasteiger partial charge in [-0.3, -0.25) is 9.59 Å². The molecule has 0 bridgehead atoms. The van der Waals surface area contributed by atoms with Crippen LogP contribution in [0.3, 0.4) is 0 Å². The van der Waals surface area contributed by atoms with Crippen molar-refractivity contribution in [3.63, 3.8) is 0 Å². The van der Waals surface area contributed by atoms with Gasteiger partial charge in [0.2, 0.25) is 0 Å². The maximum Gasteiger partial charge on any atom is 0.310 e. The molecule has 0 N–H and O–H groups in total. The van der Waals surface area contributed by atoms with Crippen molar-refractivity contribution in [3.8, 4) is 0 Å². The standard InChI is InChI=1S/C12H20O5/c1-4-15-9-10(7-11(13)16-5-2)8-12(14)17-6-3/h9H,4-8H2,1-3H3. The van der Waals surface area contributed by atoms with E-state index in [2.05, 4.69) is 0 Å². The van der Waals surface area contributed by atoms with E-state index in [1.807, 2.05) is 6.92 Å². The molecule has 0 aliphatic carbocycles. The first kappa shape index (κ1) is 15.5. The van der Waals surface area contributed by atoms with E-state index in [1.165, 1.54) is 6.26 Å². The Morgan fingerprint density at radius 2 is 1.35 bits per heavy atom. The van der Waals surface area contributed by atoms with Crippen LogP contribution in [-0.2, 0) is 23.8 Å². The fourth-order valence-electron chi connectivity index (χ4n) is 1.14. The summed E-state index contributed by atoms with van der Waals surface area (Å²) in [4.78, 5) is 22.6. The lowest BCUT2D eigenvalue weighted by Crippen LogP contribution is -2.10. The molecule has 5 heteroatoms. The van der Waals surface area contributed by atoms with Gasteiger partial charge in [-0.1, -0.05) is 0 Å². The van der Waals surface area contributed by atoms with E-state index in [1.54, 1.807) is 13.8 Å². The van der Waals surface area contributed by atoms with Gasteiger partial charge in [-0.15, -0.1) is 0 Å².